The summed E-state index contributed by atoms with van der Waals surface area (Å²) in [5, 5.41) is 6.27. The molecule has 102 valence electrons. The molecule has 0 aliphatic carbocycles. The van der Waals surface area contributed by atoms with Gasteiger partial charge in [-0.05, 0) is 13.8 Å². The summed E-state index contributed by atoms with van der Waals surface area (Å²) in [7, 11) is 3.51. The SMILES string of the molecule is CCOCc1nc(NC)cc(NC(C)COC)n1. The summed E-state index contributed by atoms with van der Waals surface area (Å²) in [5.74, 6) is 2.20. The fraction of sp³-hybridized carbons (Fsp3) is 0.667. The third kappa shape index (κ3) is 4.85. The summed E-state index contributed by atoms with van der Waals surface area (Å²) in [6, 6.07) is 2.05. The minimum absolute atomic E-state index is 0.189. The molecule has 0 fully saturated rings. The zero-order chi connectivity index (χ0) is 13.4. The Morgan fingerprint density at radius 3 is 2.67 bits per heavy atom. The summed E-state index contributed by atoms with van der Waals surface area (Å²) < 4.78 is 10.4. The second-order valence-corrected chi connectivity index (χ2v) is 3.94. The van der Waals surface area contributed by atoms with Crippen LogP contribution in [0.5, 0.6) is 0 Å². The van der Waals surface area contributed by atoms with Crippen LogP contribution in [0.4, 0.5) is 11.6 Å². The van der Waals surface area contributed by atoms with Gasteiger partial charge in [0, 0.05) is 32.9 Å². The van der Waals surface area contributed by atoms with Gasteiger partial charge >= 0.3 is 0 Å². The molecule has 1 heterocycles. The van der Waals surface area contributed by atoms with E-state index >= 15 is 0 Å². The molecule has 0 saturated heterocycles. The Morgan fingerprint density at radius 2 is 2.06 bits per heavy atom. The van der Waals surface area contributed by atoms with Gasteiger partial charge in [-0.1, -0.05) is 0 Å². The molecule has 0 aliphatic rings. The molecule has 6 heteroatoms. The molecule has 6 nitrogen and oxygen atoms in total. The highest BCUT2D eigenvalue weighted by Gasteiger charge is 2.07. The van der Waals surface area contributed by atoms with Crippen LogP contribution in [0.1, 0.15) is 19.7 Å². The second kappa shape index (κ2) is 7.84. The molecule has 0 bridgehead atoms. The lowest BCUT2D eigenvalue weighted by Gasteiger charge is -2.15. The van der Waals surface area contributed by atoms with Crippen molar-refractivity contribution in [1.82, 2.24) is 9.97 Å². The van der Waals surface area contributed by atoms with Gasteiger partial charge in [0.15, 0.2) is 5.82 Å². The maximum atomic E-state index is 5.32. The Labute approximate surface area is 108 Å². The van der Waals surface area contributed by atoms with Crippen molar-refractivity contribution in [1.29, 1.82) is 0 Å². The fourth-order valence-electron chi connectivity index (χ4n) is 1.50. The van der Waals surface area contributed by atoms with E-state index in [-0.39, 0.29) is 6.04 Å². The molecule has 0 aliphatic heterocycles. The van der Waals surface area contributed by atoms with Gasteiger partial charge in [-0.25, -0.2) is 9.97 Å². The van der Waals surface area contributed by atoms with Crippen LogP contribution in [-0.2, 0) is 16.1 Å². The lowest BCUT2D eigenvalue weighted by atomic mass is 10.3. The van der Waals surface area contributed by atoms with Crippen LogP contribution in [0.25, 0.3) is 0 Å². The molecule has 0 spiro atoms. The van der Waals surface area contributed by atoms with Gasteiger partial charge in [-0.2, -0.15) is 0 Å². The number of aromatic nitrogens is 2. The molecule has 0 radical (unpaired) electrons. The molecular formula is C12H22N4O2. The van der Waals surface area contributed by atoms with Crippen LogP contribution in [0, 0.1) is 0 Å². The first-order valence-electron chi connectivity index (χ1n) is 6.08. The molecule has 1 atom stereocenters. The Kier molecular flexibility index (Phi) is 6.38. The highest BCUT2D eigenvalue weighted by Crippen LogP contribution is 2.12. The molecule has 2 N–H and O–H groups in total. The van der Waals surface area contributed by atoms with E-state index < -0.39 is 0 Å². The maximum Gasteiger partial charge on any atom is 0.158 e. The van der Waals surface area contributed by atoms with Crippen molar-refractivity contribution in [2.45, 2.75) is 26.5 Å². The van der Waals surface area contributed by atoms with Crippen molar-refractivity contribution in [3.05, 3.63) is 11.9 Å². The number of hydrogen-bond donors (Lipinski definition) is 2. The van der Waals surface area contributed by atoms with E-state index in [1.165, 1.54) is 0 Å². The summed E-state index contributed by atoms with van der Waals surface area (Å²) in [4.78, 5) is 8.72. The number of hydrogen-bond acceptors (Lipinski definition) is 6. The number of methoxy groups -OCH3 is 1. The number of anilines is 2. The first-order chi connectivity index (χ1) is 8.69. The predicted octanol–water partition coefficient (Wildman–Crippen LogP) is 1.50. The third-order valence-corrected chi connectivity index (χ3v) is 2.27. The van der Waals surface area contributed by atoms with Crippen molar-refractivity contribution < 1.29 is 9.47 Å². The van der Waals surface area contributed by atoms with Gasteiger partial charge in [-0.3, -0.25) is 0 Å². The smallest absolute Gasteiger partial charge is 0.158 e. The van der Waals surface area contributed by atoms with Gasteiger partial charge < -0.3 is 20.1 Å². The lowest BCUT2D eigenvalue weighted by molar-refractivity contribution is 0.128. The summed E-state index contributed by atoms with van der Waals surface area (Å²) in [5.41, 5.74) is 0. The van der Waals surface area contributed by atoms with E-state index in [1.807, 2.05) is 27.0 Å². The predicted molar refractivity (Wildman–Crippen MR) is 71.9 cm³/mol. The van der Waals surface area contributed by atoms with E-state index in [4.69, 9.17) is 9.47 Å². The van der Waals surface area contributed by atoms with Gasteiger partial charge in [-0.15, -0.1) is 0 Å². The van der Waals surface area contributed by atoms with Crippen LogP contribution < -0.4 is 10.6 Å². The fourth-order valence-corrected chi connectivity index (χ4v) is 1.50. The van der Waals surface area contributed by atoms with Crippen LogP contribution in [0.2, 0.25) is 0 Å². The molecule has 1 rings (SSSR count). The minimum atomic E-state index is 0.189. The van der Waals surface area contributed by atoms with Crippen molar-refractivity contribution >= 4 is 11.6 Å². The second-order valence-electron chi connectivity index (χ2n) is 3.94. The Morgan fingerprint density at radius 1 is 1.33 bits per heavy atom. The Balaban J connectivity index is 2.76. The van der Waals surface area contributed by atoms with Crippen LogP contribution in [0.3, 0.4) is 0 Å². The first kappa shape index (κ1) is 14.7. The summed E-state index contributed by atoms with van der Waals surface area (Å²) >= 11 is 0. The largest absolute Gasteiger partial charge is 0.383 e. The molecule has 0 saturated carbocycles. The lowest BCUT2D eigenvalue weighted by Crippen LogP contribution is -2.22. The summed E-state index contributed by atoms with van der Waals surface area (Å²) in [6.07, 6.45) is 0. The van der Waals surface area contributed by atoms with E-state index in [2.05, 4.69) is 20.6 Å². The Hall–Kier alpha value is -1.40. The molecule has 0 aromatic carbocycles. The highest BCUT2D eigenvalue weighted by atomic mass is 16.5. The normalized spacial score (nSPS) is 12.2. The molecule has 1 unspecified atom stereocenters. The molecule has 1 aromatic rings. The van der Waals surface area contributed by atoms with Crippen LogP contribution >= 0.6 is 0 Å². The van der Waals surface area contributed by atoms with E-state index in [1.54, 1.807) is 7.11 Å². The quantitative estimate of drug-likeness (QED) is 0.733. The number of ether oxygens (including phenoxy) is 2. The van der Waals surface area contributed by atoms with Gasteiger partial charge in [0.05, 0.1) is 6.61 Å². The van der Waals surface area contributed by atoms with E-state index in [0.717, 1.165) is 11.6 Å². The van der Waals surface area contributed by atoms with E-state index in [0.29, 0.717) is 25.6 Å². The molecule has 1 aromatic heterocycles. The zero-order valence-corrected chi connectivity index (χ0v) is 11.5. The monoisotopic (exact) mass is 254 g/mol. The van der Waals surface area contributed by atoms with Gasteiger partial charge in [0.1, 0.15) is 18.2 Å². The molecule has 18 heavy (non-hydrogen) atoms. The van der Waals surface area contributed by atoms with Crippen molar-refractivity contribution in [2.75, 3.05) is 38.0 Å². The van der Waals surface area contributed by atoms with Gasteiger partial charge in [0.25, 0.3) is 0 Å². The molecular weight excluding hydrogens is 232 g/mol. The van der Waals surface area contributed by atoms with Gasteiger partial charge in [0.2, 0.25) is 0 Å². The number of nitrogens with one attached hydrogen (secondary N) is 2. The van der Waals surface area contributed by atoms with Crippen LogP contribution in [0.15, 0.2) is 6.07 Å². The average Bonchev–Trinajstić information content (AvgIpc) is 2.36. The average molecular weight is 254 g/mol. The third-order valence-electron chi connectivity index (χ3n) is 2.27. The van der Waals surface area contributed by atoms with Crippen molar-refractivity contribution in [3.8, 4) is 0 Å². The standard InChI is InChI=1S/C12H22N4O2/c1-5-18-8-12-15-10(13-3)6-11(16-12)14-9(2)7-17-4/h6,9H,5,7-8H2,1-4H3,(H2,13,14,15,16). The van der Waals surface area contributed by atoms with Crippen molar-refractivity contribution in [2.24, 2.45) is 0 Å². The molecule has 0 amide bonds. The Bertz CT molecular complexity index is 360. The number of rotatable bonds is 8. The number of nitrogens with zero attached hydrogens (tertiary/aromatic N) is 2. The zero-order valence-electron chi connectivity index (χ0n) is 11.5. The highest BCUT2D eigenvalue weighted by molar-refractivity contribution is 5.47. The van der Waals surface area contributed by atoms with Crippen molar-refractivity contribution in [3.63, 3.8) is 0 Å². The van der Waals surface area contributed by atoms with Crippen LogP contribution in [-0.4, -0.2) is 43.4 Å². The van der Waals surface area contributed by atoms with E-state index in [9.17, 15) is 0 Å². The maximum absolute atomic E-state index is 5.32. The first-order valence-corrected chi connectivity index (χ1v) is 6.08. The minimum Gasteiger partial charge on any atom is -0.383 e. The summed E-state index contributed by atoms with van der Waals surface area (Å²) in [6.45, 7) is 5.67. The topological polar surface area (TPSA) is 68.3 Å².